The summed E-state index contributed by atoms with van der Waals surface area (Å²) in [6, 6.07) is 11.5. The molecule has 0 atom stereocenters. The fraction of sp³-hybridized carbons (Fsp3) is 0.300. The van der Waals surface area contributed by atoms with Gasteiger partial charge in [-0.3, -0.25) is 0 Å². The minimum atomic E-state index is -1.07. The van der Waals surface area contributed by atoms with Crippen molar-refractivity contribution in [3.8, 4) is 11.3 Å². The zero-order chi connectivity index (χ0) is 18.1. The molecule has 0 fully saturated rings. The zero-order valence-electron chi connectivity index (χ0n) is 15.5. The lowest BCUT2D eigenvalue weighted by molar-refractivity contribution is 0.0899. The van der Waals surface area contributed by atoms with Gasteiger partial charge in [-0.15, -0.1) is 0 Å². The van der Waals surface area contributed by atoms with E-state index < -0.39 is 8.07 Å². The molecule has 4 rings (SSSR count). The van der Waals surface area contributed by atoms with Crippen molar-refractivity contribution < 1.29 is 4.74 Å². The fourth-order valence-corrected chi connectivity index (χ4v) is 3.89. The Kier molecular flexibility index (Phi) is 4.38. The molecule has 0 bridgehead atoms. The topological polar surface area (TPSA) is 55.7 Å². The number of nitrogens with zero attached hydrogens (tertiary/aromatic N) is 3. The zero-order valence-corrected chi connectivity index (χ0v) is 16.5. The summed E-state index contributed by atoms with van der Waals surface area (Å²) in [6.45, 7) is 8.42. The van der Waals surface area contributed by atoms with Crippen LogP contribution in [0.5, 0.6) is 0 Å². The number of benzene rings is 1. The normalized spacial score (nSPS) is 12.3. The Morgan fingerprint density at radius 1 is 1.08 bits per heavy atom. The van der Waals surface area contributed by atoms with Crippen LogP contribution >= 0.6 is 0 Å². The maximum absolute atomic E-state index is 5.89. The fourth-order valence-electron chi connectivity index (χ4n) is 3.13. The maximum atomic E-state index is 5.89. The summed E-state index contributed by atoms with van der Waals surface area (Å²) in [4.78, 5) is 12.4. The second-order valence-corrected chi connectivity index (χ2v) is 13.5. The third-order valence-electron chi connectivity index (χ3n) is 4.63. The quantitative estimate of drug-likeness (QED) is 0.391. The molecule has 4 aromatic rings. The van der Waals surface area contributed by atoms with E-state index in [4.69, 9.17) is 4.74 Å². The summed E-state index contributed by atoms with van der Waals surface area (Å²) >= 11 is 0. The summed E-state index contributed by atoms with van der Waals surface area (Å²) in [7, 11) is -1.07. The summed E-state index contributed by atoms with van der Waals surface area (Å²) < 4.78 is 7.95. The number of ether oxygens (including phenoxy) is 1. The van der Waals surface area contributed by atoms with Crippen LogP contribution < -0.4 is 0 Å². The Morgan fingerprint density at radius 3 is 2.77 bits per heavy atom. The van der Waals surface area contributed by atoms with Crippen LogP contribution in [-0.2, 0) is 11.5 Å². The second kappa shape index (κ2) is 6.70. The molecule has 0 amide bonds. The lowest BCUT2D eigenvalue weighted by Gasteiger charge is -2.15. The van der Waals surface area contributed by atoms with E-state index in [0.717, 1.165) is 34.4 Å². The van der Waals surface area contributed by atoms with Crippen molar-refractivity contribution in [1.82, 2.24) is 19.5 Å². The van der Waals surface area contributed by atoms with Crippen molar-refractivity contribution in [1.29, 1.82) is 0 Å². The molecule has 134 valence electrons. The molecule has 0 spiro atoms. The van der Waals surface area contributed by atoms with Gasteiger partial charge in [0.05, 0.1) is 5.69 Å². The lowest BCUT2D eigenvalue weighted by atomic mass is 10.1. The van der Waals surface area contributed by atoms with Crippen LogP contribution in [0.25, 0.3) is 33.2 Å². The Balaban J connectivity index is 1.63. The van der Waals surface area contributed by atoms with Gasteiger partial charge in [0.15, 0.2) is 0 Å². The van der Waals surface area contributed by atoms with E-state index in [1.165, 1.54) is 11.4 Å². The number of fused-ring (bicyclic) bond motifs is 2. The molecule has 5 nitrogen and oxygen atoms in total. The number of hydrogen-bond donors (Lipinski definition) is 1. The number of aromatic nitrogens is 4. The minimum absolute atomic E-state index is 0.526. The first-order chi connectivity index (χ1) is 12.5. The number of nitrogens with one attached hydrogen (secondary N) is 1. The van der Waals surface area contributed by atoms with Crippen molar-refractivity contribution in [2.24, 2.45) is 0 Å². The van der Waals surface area contributed by atoms with Crippen LogP contribution in [-0.4, -0.2) is 34.2 Å². The first-order valence-corrected chi connectivity index (χ1v) is 12.7. The summed E-state index contributed by atoms with van der Waals surface area (Å²) in [5.74, 6) is 0. The van der Waals surface area contributed by atoms with Gasteiger partial charge in [-0.05, 0) is 18.2 Å². The molecule has 3 aromatic heterocycles. The molecule has 3 heterocycles. The highest BCUT2D eigenvalue weighted by Gasteiger charge is 2.15. The number of para-hydroxylation sites is 1. The molecule has 0 unspecified atom stereocenters. The third-order valence-corrected chi connectivity index (χ3v) is 6.33. The number of rotatable bonds is 6. The maximum Gasteiger partial charge on any atom is 0.145 e. The first kappa shape index (κ1) is 17.0. The van der Waals surface area contributed by atoms with Gasteiger partial charge in [0.2, 0.25) is 0 Å². The summed E-state index contributed by atoms with van der Waals surface area (Å²) in [6.07, 6.45) is 5.69. The van der Waals surface area contributed by atoms with Crippen LogP contribution in [0.1, 0.15) is 0 Å². The van der Waals surface area contributed by atoms with Crippen molar-refractivity contribution in [2.45, 2.75) is 32.4 Å². The van der Waals surface area contributed by atoms with Gasteiger partial charge >= 0.3 is 0 Å². The van der Waals surface area contributed by atoms with E-state index >= 15 is 0 Å². The number of hydrogen-bond acceptors (Lipinski definition) is 3. The van der Waals surface area contributed by atoms with Gasteiger partial charge in [-0.25, -0.2) is 9.97 Å². The van der Waals surface area contributed by atoms with Gasteiger partial charge in [-0.2, -0.15) is 0 Å². The van der Waals surface area contributed by atoms with E-state index in [0.29, 0.717) is 6.73 Å². The highest BCUT2D eigenvalue weighted by atomic mass is 28.3. The monoisotopic (exact) mass is 364 g/mol. The van der Waals surface area contributed by atoms with Gasteiger partial charge in [0.25, 0.3) is 0 Å². The number of H-pyrrole nitrogens is 1. The molecule has 0 saturated heterocycles. The molecule has 0 radical (unpaired) electrons. The Hall–Kier alpha value is -2.44. The molecule has 0 aliphatic heterocycles. The molecule has 0 saturated carbocycles. The third kappa shape index (κ3) is 3.30. The molecular formula is C20H24N4OSi. The first-order valence-electron chi connectivity index (χ1n) is 8.97. The average molecular weight is 365 g/mol. The molecule has 1 aromatic carbocycles. The van der Waals surface area contributed by atoms with Crippen LogP contribution in [0.4, 0.5) is 0 Å². The summed E-state index contributed by atoms with van der Waals surface area (Å²) in [5.41, 5.74) is 4.08. The van der Waals surface area contributed by atoms with Gasteiger partial charge in [0.1, 0.15) is 18.7 Å². The van der Waals surface area contributed by atoms with Gasteiger partial charge in [0, 0.05) is 48.9 Å². The highest BCUT2D eigenvalue weighted by Crippen LogP contribution is 2.31. The van der Waals surface area contributed by atoms with E-state index in [1.807, 2.05) is 18.5 Å². The average Bonchev–Trinajstić information content (AvgIpc) is 3.22. The SMILES string of the molecule is C[Si](C)(C)CCOCn1ccc2c(-c3c[nH]c4ccccc34)ncnc21. The van der Waals surface area contributed by atoms with Crippen molar-refractivity contribution >= 4 is 30.0 Å². The van der Waals surface area contributed by atoms with E-state index in [1.54, 1.807) is 6.33 Å². The largest absolute Gasteiger partial charge is 0.361 e. The van der Waals surface area contributed by atoms with Crippen molar-refractivity contribution in [2.75, 3.05) is 6.61 Å². The van der Waals surface area contributed by atoms with E-state index in [9.17, 15) is 0 Å². The predicted molar refractivity (Wildman–Crippen MR) is 109 cm³/mol. The minimum Gasteiger partial charge on any atom is -0.361 e. The molecule has 1 N–H and O–H groups in total. The van der Waals surface area contributed by atoms with E-state index in [2.05, 4.69) is 63.4 Å². The predicted octanol–water partition coefficient (Wildman–Crippen LogP) is 4.89. The molecule has 0 aliphatic rings. The van der Waals surface area contributed by atoms with Crippen LogP contribution in [0.2, 0.25) is 25.7 Å². The Labute approximate surface area is 154 Å². The Bertz CT molecular complexity index is 1040. The van der Waals surface area contributed by atoms with Crippen molar-refractivity contribution in [3.05, 3.63) is 49.1 Å². The van der Waals surface area contributed by atoms with Crippen LogP contribution in [0.15, 0.2) is 49.1 Å². The van der Waals surface area contributed by atoms with Crippen LogP contribution in [0.3, 0.4) is 0 Å². The van der Waals surface area contributed by atoms with E-state index in [-0.39, 0.29) is 0 Å². The molecule has 6 heteroatoms. The second-order valence-electron chi connectivity index (χ2n) is 7.84. The highest BCUT2D eigenvalue weighted by molar-refractivity contribution is 6.76. The molecule has 26 heavy (non-hydrogen) atoms. The molecule has 0 aliphatic carbocycles. The lowest BCUT2D eigenvalue weighted by Crippen LogP contribution is -2.22. The molecular weight excluding hydrogens is 340 g/mol. The summed E-state index contributed by atoms with van der Waals surface area (Å²) in [5, 5.41) is 2.22. The smallest absolute Gasteiger partial charge is 0.145 e. The number of aromatic amines is 1. The van der Waals surface area contributed by atoms with Gasteiger partial charge in [-0.1, -0.05) is 37.8 Å². The van der Waals surface area contributed by atoms with Crippen LogP contribution in [0, 0.1) is 0 Å². The Morgan fingerprint density at radius 2 is 1.92 bits per heavy atom. The van der Waals surface area contributed by atoms with Gasteiger partial charge < -0.3 is 14.3 Å². The van der Waals surface area contributed by atoms with Crippen molar-refractivity contribution in [3.63, 3.8) is 0 Å². The standard InChI is InChI=1S/C20H24N4OSi/c1-26(2,3)11-10-25-14-24-9-8-16-19(22-13-23-20(16)24)17-12-21-18-7-5-4-6-15(17)18/h4-9,12-13,21H,10-11,14H2,1-3H3.